The second-order valence-electron chi connectivity index (χ2n) is 4.66. The van der Waals surface area contributed by atoms with Gasteiger partial charge in [0.15, 0.2) is 0 Å². The molecule has 2 rings (SSSR count). The van der Waals surface area contributed by atoms with Crippen molar-refractivity contribution < 1.29 is 0 Å². The summed E-state index contributed by atoms with van der Waals surface area (Å²) in [5.41, 5.74) is 8.66. The Morgan fingerprint density at radius 3 is 2.33 bits per heavy atom. The third-order valence-corrected chi connectivity index (χ3v) is 2.43. The summed E-state index contributed by atoms with van der Waals surface area (Å²) in [6, 6.07) is 3.77. The molecule has 0 aliphatic rings. The molecule has 2 heterocycles. The van der Waals surface area contributed by atoms with Crippen molar-refractivity contribution in [1.29, 1.82) is 0 Å². The number of nitrogens with zero attached hydrogens (tertiary/aromatic N) is 5. The maximum atomic E-state index is 5.95. The standard InChI is InChI=1S/C12H18N6/c1-8-5-9(2)15-12(14-8)18-11(13)6-10(16-18)7-17(3)4/h5-6H,7,13H2,1-4H3. The second kappa shape index (κ2) is 4.73. The number of nitrogens with two attached hydrogens (primary N) is 1. The highest BCUT2D eigenvalue weighted by molar-refractivity contribution is 5.37. The summed E-state index contributed by atoms with van der Waals surface area (Å²) < 4.78 is 1.58. The van der Waals surface area contributed by atoms with Gasteiger partial charge in [0, 0.05) is 24.0 Å². The van der Waals surface area contributed by atoms with Gasteiger partial charge < -0.3 is 10.6 Å². The van der Waals surface area contributed by atoms with Crippen LogP contribution in [-0.2, 0) is 6.54 Å². The zero-order valence-electron chi connectivity index (χ0n) is 11.2. The van der Waals surface area contributed by atoms with Crippen LogP contribution < -0.4 is 5.73 Å². The molecule has 0 saturated heterocycles. The van der Waals surface area contributed by atoms with E-state index in [0.717, 1.165) is 23.6 Å². The minimum absolute atomic E-state index is 0.523. The Morgan fingerprint density at radius 1 is 1.17 bits per heavy atom. The van der Waals surface area contributed by atoms with E-state index >= 15 is 0 Å². The summed E-state index contributed by atoms with van der Waals surface area (Å²) in [5.74, 6) is 1.08. The van der Waals surface area contributed by atoms with Gasteiger partial charge in [-0.2, -0.15) is 9.78 Å². The monoisotopic (exact) mass is 246 g/mol. The average Bonchev–Trinajstić information content (AvgIpc) is 2.56. The summed E-state index contributed by atoms with van der Waals surface area (Å²) in [6.07, 6.45) is 0. The maximum absolute atomic E-state index is 5.95. The molecule has 0 atom stereocenters. The first-order valence-electron chi connectivity index (χ1n) is 5.77. The summed E-state index contributed by atoms with van der Waals surface area (Å²) in [5, 5.41) is 4.43. The molecule has 0 amide bonds. The van der Waals surface area contributed by atoms with E-state index in [4.69, 9.17) is 5.73 Å². The van der Waals surface area contributed by atoms with Crippen LogP contribution in [-0.4, -0.2) is 38.7 Å². The first kappa shape index (κ1) is 12.5. The largest absolute Gasteiger partial charge is 0.383 e. The van der Waals surface area contributed by atoms with Crippen LogP contribution in [0.15, 0.2) is 12.1 Å². The molecule has 2 N–H and O–H groups in total. The fourth-order valence-electron chi connectivity index (χ4n) is 1.81. The van der Waals surface area contributed by atoms with Crippen LogP contribution >= 0.6 is 0 Å². The fraction of sp³-hybridized carbons (Fsp3) is 0.417. The van der Waals surface area contributed by atoms with Crippen molar-refractivity contribution in [2.45, 2.75) is 20.4 Å². The van der Waals surface area contributed by atoms with Crippen LogP contribution in [0, 0.1) is 13.8 Å². The highest BCUT2D eigenvalue weighted by Gasteiger charge is 2.10. The van der Waals surface area contributed by atoms with Crippen molar-refractivity contribution in [3.05, 3.63) is 29.2 Å². The summed E-state index contributed by atoms with van der Waals surface area (Å²) in [7, 11) is 3.98. The average molecular weight is 246 g/mol. The van der Waals surface area contributed by atoms with Gasteiger partial charge in [0.2, 0.25) is 0 Å². The van der Waals surface area contributed by atoms with Gasteiger partial charge >= 0.3 is 0 Å². The molecule has 0 aromatic carbocycles. The third kappa shape index (κ3) is 2.65. The van der Waals surface area contributed by atoms with E-state index in [1.165, 1.54) is 0 Å². The van der Waals surface area contributed by atoms with Crippen LogP contribution in [0.1, 0.15) is 17.1 Å². The number of hydrogen-bond acceptors (Lipinski definition) is 5. The Morgan fingerprint density at radius 2 is 1.78 bits per heavy atom. The van der Waals surface area contributed by atoms with Gasteiger partial charge in [-0.05, 0) is 34.0 Å². The van der Waals surface area contributed by atoms with Crippen molar-refractivity contribution in [3.63, 3.8) is 0 Å². The molecule has 6 heteroatoms. The molecule has 2 aromatic heterocycles. The molecular weight excluding hydrogens is 228 g/mol. The number of nitrogen functional groups attached to an aromatic ring is 1. The van der Waals surface area contributed by atoms with Crippen LogP contribution in [0.5, 0.6) is 0 Å². The van der Waals surface area contributed by atoms with Gasteiger partial charge in [-0.25, -0.2) is 9.97 Å². The predicted octanol–water partition coefficient (Wildman–Crippen LogP) is 0.923. The van der Waals surface area contributed by atoms with Crippen LogP contribution in [0.25, 0.3) is 5.95 Å². The molecule has 0 unspecified atom stereocenters. The number of anilines is 1. The van der Waals surface area contributed by atoms with Crippen LogP contribution in [0.2, 0.25) is 0 Å². The third-order valence-electron chi connectivity index (χ3n) is 2.43. The van der Waals surface area contributed by atoms with Gasteiger partial charge in [-0.1, -0.05) is 0 Å². The lowest BCUT2D eigenvalue weighted by atomic mass is 10.4. The Balaban J connectivity index is 2.41. The SMILES string of the molecule is Cc1cc(C)nc(-n2nc(CN(C)C)cc2N)n1. The second-order valence-corrected chi connectivity index (χ2v) is 4.66. The first-order chi connectivity index (χ1) is 8.45. The zero-order chi connectivity index (χ0) is 13.3. The van der Waals surface area contributed by atoms with Gasteiger partial charge in [-0.15, -0.1) is 0 Å². The molecule has 0 saturated carbocycles. The minimum atomic E-state index is 0.523. The molecule has 0 bridgehead atoms. The van der Waals surface area contributed by atoms with Crippen molar-refractivity contribution in [3.8, 4) is 5.95 Å². The lowest BCUT2D eigenvalue weighted by Gasteiger charge is -2.06. The maximum Gasteiger partial charge on any atom is 0.252 e. The minimum Gasteiger partial charge on any atom is -0.383 e. The lowest BCUT2D eigenvalue weighted by Crippen LogP contribution is -2.12. The fourth-order valence-corrected chi connectivity index (χ4v) is 1.81. The Hall–Kier alpha value is -1.95. The number of aromatic nitrogens is 4. The van der Waals surface area contributed by atoms with Crippen molar-refractivity contribution >= 4 is 5.82 Å². The topological polar surface area (TPSA) is 72.9 Å². The zero-order valence-corrected chi connectivity index (χ0v) is 11.2. The highest BCUT2D eigenvalue weighted by Crippen LogP contribution is 2.13. The number of aryl methyl sites for hydroxylation is 2. The lowest BCUT2D eigenvalue weighted by molar-refractivity contribution is 0.395. The summed E-state index contributed by atoms with van der Waals surface area (Å²) in [6.45, 7) is 4.60. The molecule has 0 fully saturated rings. The summed E-state index contributed by atoms with van der Waals surface area (Å²) in [4.78, 5) is 10.7. The molecule has 18 heavy (non-hydrogen) atoms. The van der Waals surface area contributed by atoms with E-state index in [9.17, 15) is 0 Å². The Bertz CT molecular complexity index is 537. The molecule has 0 radical (unpaired) electrons. The van der Waals surface area contributed by atoms with Crippen LogP contribution in [0.3, 0.4) is 0 Å². The molecule has 6 nitrogen and oxygen atoms in total. The van der Waals surface area contributed by atoms with E-state index in [1.807, 2.05) is 45.0 Å². The smallest absolute Gasteiger partial charge is 0.252 e. The van der Waals surface area contributed by atoms with Gasteiger partial charge in [-0.3, -0.25) is 0 Å². The molecule has 2 aromatic rings. The Kier molecular flexibility index (Phi) is 3.29. The Labute approximate surface area is 106 Å². The molecule has 0 aliphatic carbocycles. The van der Waals surface area contributed by atoms with Gasteiger partial charge in [0.05, 0.1) is 5.69 Å². The first-order valence-corrected chi connectivity index (χ1v) is 5.77. The quantitative estimate of drug-likeness (QED) is 0.872. The summed E-state index contributed by atoms with van der Waals surface area (Å²) >= 11 is 0. The van der Waals surface area contributed by atoms with Gasteiger partial charge in [0.1, 0.15) is 5.82 Å². The molecule has 0 spiro atoms. The van der Waals surface area contributed by atoms with Crippen molar-refractivity contribution in [1.82, 2.24) is 24.6 Å². The van der Waals surface area contributed by atoms with Crippen molar-refractivity contribution in [2.24, 2.45) is 0 Å². The van der Waals surface area contributed by atoms with E-state index in [1.54, 1.807) is 4.68 Å². The predicted molar refractivity (Wildman–Crippen MR) is 70.4 cm³/mol. The molecular formula is C12H18N6. The van der Waals surface area contributed by atoms with Crippen molar-refractivity contribution in [2.75, 3.05) is 19.8 Å². The highest BCUT2D eigenvalue weighted by atomic mass is 15.4. The van der Waals surface area contributed by atoms with Crippen LogP contribution in [0.4, 0.5) is 5.82 Å². The molecule has 96 valence electrons. The van der Waals surface area contributed by atoms with E-state index in [2.05, 4.69) is 15.1 Å². The number of rotatable bonds is 3. The normalized spacial score (nSPS) is 11.2. The van der Waals surface area contributed by atoms with Gasteiger partial charge in [0.25, 0.3) is 5.95 Å². The number of hydrogen-bond donors (Lipinski definition) is 1. The van der Waals surface area contributed by atoms with E-state index in [-0.39, 0.29) is 0 Å². The molecule has 0 aliphatic heterocycles. The van der Waals surface area contributed by atoms with E-state index < -0.39 is 0 Å². The van der Waals surface area contributed by atoms with E-state index in [0.29, 0.717) is 11.8 Å².